The highest BCUT2D eigenvalue weighted by Crippen LogP contribution is 2.24. The molecule has 1 aromatic rings. The molecule has 1 aliphatic rings. The van der Waals surface area contributed by atoms with Crippen molar-refractivity contribution in [2.75, 3.05) is 13.2 Å². The van der Waals surface area contributed by atoms with Gasteiger partial charge in [0, 0.05) is 12.6 Å². The molecular formula is C19H31NO. The Labute approximate surface area is 130 Å². The second kappa shape index (κ2) is 7.84. The summed E-state index contributed by atoms with van der Waals surface area (Å²) in [6.07, 6.45) is 5.38. The molecule has 0 atom stereocenters. The van der Waals surface area contributed by atoms with Gasteiger partial charge in [0.15, 0.2) is 0 Å². The Bertz CT molecular complexity index is 433. The van der Waals surface area contributed by atoms with Gasteiger partial charge in [0.25, 0.3) is 0 Å². The van der Waals surface area contributed by atoms with Gasteiger partial charge in [-0.25, -0.2) is 0 Å². The van der Waals surface area contributed by atoms with Crippen LogP contribution in [0.4, 0.5) is 0 Å². The molecule has 1 saturated carbocycles. The van der Waals surface area contributed by atoms with Gasteiger partial charge in [-0.3, -0.25) is 0 Å². The van der Waals surface area contributed by atoms with E-state index >= 15 is 0 Å². The number of rotatable bonds is 6. The van der Waals surface area contributed by atoms with Gasteiger partial charge >= 0.3 is 0 Å². The van der Waals surface area contributed by atoms with Crippen molar-refractivity contribution >= 4 is 0 Å². The minimum absolute atomic E-state index is 0.578. The smallest absolute Gasteiger partial charge is 0.119 e. The molecule has 2 heteroatoms. The summed E-state index contributed by atoms with van der Waals surface area (Å²) in [5.74, 6) is 2.49. The van der Waals surface area contributed by atoms with Crippen LogP contribution in [0.3, 0.4) is 0 Å². The van der Waals surface area contributed by atoms with E-state index in [4.69, 9.17) is 4.74 Å². The van der Waals surface area contributed by atoms with Gasteiger partial charge in [-0.05, 0) is 67.7 Å². The highest BCUT2D eigenvalue weighted by atomic mass is 16.5. The Morgan fingerprint density at radius 1 is 1.19 bits per heavy atom. The SMILES string of the molecule is Cc1cc(OCCNC2CCC(C)CC2)ccc1C(C)C. The molecular weight excluding hydrogens is 258 g/mol. The normalized spacial score (nSPS) is 22.5. The van der Waals surface area contributed by atoms with Gasteiger partial charge in [0.2, 0.25) is 0 Å². The first-order valence-corrected chi connectivity index (χ1v) is 8.53. The van der Waals surface area contributed by atoms with Crippen molar-refractivity contribution in [3.05, 3.63) is 29.3 Å². The summed E-state index contributed by atoms with van der Waals surface area (Å²) < 4.78 is 5.87. The molecule has 0 aliphatic heterocycles. The van der Waals surface area contributed by atoms with E-state index in [0.29, 0.717) is 12.0 Å². The highest BCUT2D eigenvalue weighted by molar-refractivity contribution is 5.36. The molecule has 1 fully saturated rings. The molecule has 0 unspecified atom stereocenters. The summed E-state index contributed by atoms with van der Waals surface area (Å²) in [6, 6.07) is 7.17. The van der Waals surface area contributed by atoms with Gasteiger partial charge < -0.3 is 10.1 Å². The Morgan fingerprint density at radius 3 is 2.52 bits per heavy atom. The molecule has 118 valence electrons. The minimum Gasteiger partial charge on any atom is -0.492 e. The predicted octanol–water partition coefficient (Wildman–Crippen LogP) is 4.67. The number of hydrogen-bond donors (Lipinski definition) is 1. The van der Waals surface area contributed by atoms with Crippen LogP contribution in [0.2, 0.25) is 0 Å². The first kappa shape index (κ1) is 16.4. The third-order valence-corrected chi connectivity index (χ3v) is 4.68. The summed E-state index contributed by atoms with van der Waals surface area (Å²) >= 11 is 0. The molecule has 21 heavy (non-hydrogen) atoms. The largest absolute Gasteiger partial charge is 0.492 e. The maximum absolute atomic E-state index is 5.87. The van der Waals surface area contributed by atoms with E-state index in [2.05, 4.69) is 51.2 Å². The van der Waals surface area contributed by atoms with E-state index < -0.39 is 0 Å². The quantitative estimate of drug-likeness (QED) is 0.769. The first-order chi connectivity index (χ1) is 10.1. The van der Waals surface area contributed by atoms with Gasteiger partial charge in [0.1, 0.15) is 12.4 Å². The summed E-state index contributed by atoms with van der Waals surface area (Å²) in [7, 11) is 0. The minimum atomic E-state index is 0.578. The van der Waals surface area contributed by atoms with Crippen LogP contribution in [0, 0.1) is 12.8 Å². The van der Waals surface area contributed by atoms with Gasteiger partial charge in [-0.1, -0.05) is 26.8 Å². The zero-order chi connectivity index (χ0) is 15.2. The van der Waals surface area contributed by atoms with Crippen molar-refractivity contribution < 1.29 is 4.74 Å². The predicted molar refractivity (Wildman–Crippen MR) is 90.2 cm³/mol. The molecule has 0 aromatic heterocycles. The van der Waals surface area contributed by atoms with E-state index in [9.17, 15) is 0 Å². The average Bonchev–Trinajstić information content (AvgIpc) is 2.45. The van der Waals surface area contributed by atoms with Crippen LogP contribution in [0.15, 0.2) is 18.2 Å². The zero-order valence-corrected chi connectivity index (χ0v) is 14.1. The average molecular weight is 289 g/mol. The van der Waals surface area contributed by atoms with E-state index in [1.807, 2.05) is 0 Å². The Kier molecular flexibility index (Phi) is 6.10. The van der Waals surface area contributed by atoms with Crippen LogP contribution in [-0.4, -0.2) is 19.2 Å². The topological polar surface area (TPSA) is 21.3 Å². The summed E-state index contributed by atoms with van der Waals surface area (Å²) in [6.45, 7) is 10.7. The number of aryl methyl sites for hydroxylation is 1. The molecule has 1 aliphatic carbocycles. The fourth-order valence-corrected chi connectivity index (χ4v) is 3.28. The lowest BCUT2D eigenvalue weighted by atomic mass is 9.87. The number of ether oxygens (including phenoxy) is 1. The Balaban J connectivity index is 1.70. The van der Waals surface area contributed by atoms with Crippen molar-refractivity contribution in [3.8, 4) is 5.75 Å². The van der Waals surface area contributed by atoms with Crippen molar-refractivity contribution in [2.24, 2.45) is 5.92 Å². The van der Waals surface area contributed by atoms with Crippen LogP contribution in [-0.2, 0) is 0 Å². The second-order valence-corrected chi connectivity index (χ2v) is 6.93. The maximum Gasteiger partial charge on any atom is 0.119 e. The van der Waals surface area contributed by atoms with Crippen LogP contribution in [0.1, 0.15) is 63.5 Å². The summed E-state index contributed by atoms with van der Waals surface area (Å²) in [5, 5.41) is 3.63. The molecule has 0 heterocycles. The van der Waals surface area contributed by atoms with E-state index in [0.717, 1.165) is 24.8 Å². The van der Waals surface area contributed by atoms with E-state index in [1.54, 1.807) is 0 Å². The number of nitrogens with one attached hydrogen (secondary N) is 1. The monoisotopic (exact) mass is 289 g/mol. The van der Waals surface area contributed by atoms with Crippen LogP contribution in [0.5, 0.6) is 5.75 Å². The maximum atomic E-state index is 5.87. The third-order valence-electron chi connectivity index (χ3n) is 4.68. The molecule has 1 N–H and O–H groups in total. The molecule has 0 spiro atoms. The molecule has 2 nitrogen and oxygen atoms in total. The fourth-order valence-electron chi connectivity index (χ4n) is 3.28. The van der Waals surface area contributed by atoms with Crippen molar-refractivity contribution in [1.82, 2.24) is 5.32 Å². The molecule has 1 aromatic carbocycles. The van der Waals surface area contributed by atoms with Gasteiger partial charge in [0.05, 0.1) is 0 Å². The summed E-state index contributed by atoms with van der Waals surface area (Å²) in [5.41, 5.74) is 2.74. The molecule has 2 rings (SSSR count). The Hall–Kier alpha value is -1.02. The zero-order valence-electron chi connectivity index (χ0n) is 14.1. The lowest BCUT2D eigenvalue weighted by Gasteiger charge is -2.27. The van der Waals surface area contributed by atoms with E-state index in [1.165, 1.54) is 36.8 Å². The highest BCUT2D eigenvalue weighted by Gasteiger charge is 2.17. The van der Waals surface area contributed by atoms with Crippen molar-refractivity contribution in [2.45, 2.75) is 65.3 Å². The second-order valence-electron chi connectivity index (χ2n) is 6.93. The van der Waals surface area contributed by atoms with Crippen LogP contribution in [0.25, 0.3) is 0 Å². The van der Waals surface area contributed by atoms with Crippen LogP contribution >= 0.6 is 0 Å². The Morgan fingerprint density at radius 2 is 1.90 bits per heavy atom. The summed E-state index contributed by atoms with van der Waals surface area (Å²) in [4.78, 5) is 0. The van der Waals surface area contributed by atoms with Crippen LogP contribution < -0.4 is 10.1 Å². The fraction of sp³-hybridized carbons (Fsp3) is 0.684. The lowest BCUT2D eigenvalue weighted by molar-refractivity contribution is 0.270. The van der Waals surface area contributed by atoms with E-state index in [-0.39, 0.29) is 0 Å². The molecule has 0 saturated heterocycles. The molecule has 0 radical (unpaired) electrons. The van der Waals surface area contributed by atoms with Crippen molar-refractivity contribution in [1.29, 1.82) is 0 Å². The van der Waals surface area contributed by atoms with Gasteiger partial charge in [-0.15, -0.1) is 0 Å². The lowest BCUT2D eigenvalue weighted by Crippen LogP contribution is -2.35. The number of benzene rings is 1. The van der Waals surface area contributed by atoms with Gasteiger partial charge in [-0.2, -0.15) is 0 Å². The van der Waals surface area contributed by atoms with Crippen molar-refractivity contribution in [3.63, 3.8) is 0 Å². The standard InChI is InChI=1S/C19H31NO/c1-14(2)19-10-9-18(13-16(19)4)21-12-11-20-17-7-5-15(3)6-8-17/h9-10,13-15,17,20H,5-8,11-12H2,1-4H3. The number of hydrogen-bond acceptors (Lipinski definition) is 2. The third kappa shape index (κ3) is 5.03. The molecule has 0 amide bonds. The first-order valence-electron chi connectivity index (χ1n) is 8.53. The molecule has 0 bridgehead atoms.